The van der Waals surface area contributed by atoms with E-state index in [1.807, 2.05) is 13.8 Å². The maximum atomic E-state index is 12.4. The molecular formula is C14H21F3N2OS. The van der Waals surface area contributed by atoms with Gasteiger partial charge in [0.1, 0.15) is 0 Å². The number of ether oxygens (including phenoxy) is 1. The van der Waals surface area contributed by atoms with Crippen molar-refractivity contribution in [1.29, 1.82) is 0 Å². The van der Waals surface area contributed by atoms with Gasteiger partial charge in [-0.05, 0) is 38.9 Å². The summed E-state index contributed by atoms with van der Waals surface area (Å²) in [5.74, 6) is 0.767. The first-order valence-electron chi connectivity index (χ1n) is 6.88. The van der Waals surface area contributed by atoms with Gasteiger partial charge in [0.15, 0.2) is 0 Å². The topological polar surface area (TPSA) is 34.1 Å². The van der Waals surface area contributed by atoms with Crippen LogP contribution in [0.2, 0.25) is 0 Å². The van der Waals surface area contributed by atoms with E-state index in [1.165, 1.54) is 17.8 Å². The molecule has 0 aromatic carbocycles. The molecule has 120 valence electrons. The highest BCUT2D eigenvalue weighted by molar-refractivity contribution is 7.99. The molecule has 21 heavy (non-hydrogen) atoms. The van der Waals surface area contributed by atoms with Crippen LogP contribution in [0.5, 0.6) is 0 Å². The van der Waals surface area contributed by atoms with E-state index in [0.717, 1.165) is 44.1 Å². The van der Waals surface area contributed by atoms with Gasteiger partial charge in [-0.3, -0.25) is 0 Å². The second-order valence-electron chi connectivity index (χ2n) is 4.75. The lowest BCUT2D eigenvalue weighted by Crippen LogP contribution is -2.20. The van der Waals surface area contributed by atoms with Crippen LogP contribution in [0.3, 0.4) is 0 Å². The van der Waals surface area contributed by atoms with E-state index in [1.54, 1.807) is 0 Å². The number of nitrogens with one attached hydrogen (secondary N) is 1. The fourth-order valence-electron chi connectivity index (χ4n) is 1.50. The van der Waals surface area contributed by atoms with Crippen LogP contribution in [0, 0.1) is 0 Å². The van der Waals surface area contributed by atoms with E-state index in [-0.39, 0.29) is 6.10 Å². The highest BCUT2D eigenvalue weighted by Crippen LogP contribution is 2.29. The minimum atomic E-state index is -4.32. The van der Waals surface area contributed by atoms with E-state index in [9.17, 15) is 13.2 Å². The summed E-state index contributed by atoms with van der Waals surface area (Å²) in [6, 6.07) is 2.47. The van der Waals surface area contributed by atoms with Gasteiger partial charge < -0.3 is 10.1 Å². The van der Waals surface area contributed by atoms with Crippen molar-refractivity contribution in [2.75, 3.05) is 25.4 Å². The van der Waals surface area contributed by atoms with Gasteiger partial charge in [0.25, 0.3) is 0 Å². The predicted octanol–water partition coefficient (Wildman–Crippen LogP) is 3.60. The van der Waals surface area contributed by atoms with Crippen LogP contribution in [0.25, 0.3) is 0 Å². The standard InChI is InChI=1S/C14H21F3N2OS/c1-11(2)20-8-3-6-18-7-9-21-13-5-4-12(10-19-13)14(15,16)17/h4-5,10-11,18H,3,6-9H2,1-2H3. The van der Waals surface area contributed by atoms with Crippen molar-refractivity contribution in [3.05, 3.63) is 23.9 Å². The molecule has 1 aromatic rings. The minimum Gasteiger partial charge on any atom is -0.379 e. The number of pyridine rings is 1. The molecule has 0 aliphatic rings. The van der Waals surface area contributed by atoms with Crippen LogP contribution in [-0.2, 0) is 10.9 Å². The molecule has 1 N–H and O–H groups in total. The Kier molecular flexibility index (Phi) is 8.06. The molecule has 0 atom stereocenters. The predicted molar refractivity (Wildman–Crippen MR) is 78.5 cm³/mol. The maximum absolute atomic E-state index is 12.4. The second-order valence-corrected chi connectivity index (χ2v) is 5.87. The number of hydrogen-bond donors (Lipinski definition) is 1. The fraction of sp³-hybridized carbons (Fsp3) is 0.643. The Labute approximate surface area is 127 Å². The van der Waals surface area contributed by atoms with Gasteiger partial charge in [-0.25, -0.2) is 4.98 Å². The zero-order valence-corrected chi connectivity index (χ0v) is 13.1. The average Bonchev–Trinajstić information content (AvgIpc) is 2.41. The van der Waals surface area contributed by atoms with Crippen LogP contribution in [0.1, 0.15) is 25.8 Å². The number of nitrogens with zero attached hydrogens (tertiary/aromatic N) is 1. The molecule has 0 radical (unpaired) electrons. The fourth-order valence-corrected chi connectivity index (χ4v) is 2.25. The molecule has 1 rings (SSSR count). The molecule has 1 heterocycles. The third-order valence-corrected chi connectivity index (χ3v) is 3.49. The number of aromatic nitrogens is 1. The van der Waals surface area contributed by atoms with Crippen molar-refractivity contribution in [2.24, 2.45) is 0 Å². The molecule has 0 saturated carbocycles. The molecule has 0 amide bonds. The van der Waals surface area contributed by atoms with Crippen molar-refractivity contribution >= 4 is 11.8 Å². The van der Waals surface area contributed by atoms with Gasteiger partial charge in [0.2, 0.25) is 0 Å². The first kappa shape index (κ1) is 18.3. The molecule has 7 heteroatoms. The van der Waals surface area contributed by atoms with Crippen LogP contribution in [-0.4, -0.2) is 36.5 Å². The molecule has 0 fully saturated rings. The van der Waals surface area contributed by atoms with Gasteiger partial charge in [0, 0.05) is 25.1 Å². The number of hydrogen-bond acceptors (Lipinski definition) is 4. The smallest absolute Gasteiger partial charge is 0.379 e. The first-order chi connectivity index (χ1) is 9.89. The minimum absolute atomic E-state index is 0.256. The Morgan fingerprint density at radius 3 is 2.62 bits per heavy atom. The summed E-state index contributed by atoms with van der Waals surface area (Å²) < 4.78 is 42.5. The van der Waals surface area contributed by atoms with E-state index >= 15 is 0 Å². The van der Waals surface area contributed by atoms with Crippen molar-refractivity contribution in [1.82, 2.24) is 10.3 Å². The second kappa shape index (κ2) is 9.27. The van der Waals surface area contributed by atoms with E-state index in [2.05, 4.69) is 10.3 Å². The summed E-state index contributed by atoms with van der Waals surface area (Å²) in [6.07, 6.45) is -2.25. The number of thioether (sulfide) groups is 1. The maximum Gasteiger partial charge on any atom is 0.417 e. The van der Waals surface area contributed by atoms with Gasteiger partial charge in [-0.1, -0.05) is 0 Å². The zero-order valence-electron chi connectivity index (χ0n) is 12.2. The van der Waals surface area contributed by atoms with Crippen LogP contribution >= 0.6 is 11.8 Å². The molecular weight excluding hydrogens is 301 g/mol. The molecule has 0 bridgehead atoms. The van der Waals surface area contributed by atoms with Gasteiger partial charge >= 0.3 is 6.18 Å². The normalized spacial score (nSPS) is 12.1. The summed E-state index contributed by atoms with van der Waals surface area (Å²) in [7, 11) is 0. The molecule has 0 unspecified atom stereocenters. The van der Waals surface area contributed by atoms with Crippen molar-refractivity contribution in [3.8, 4) is 0 Å². The average molecular weight is 322 g/mol. The van der Waals surface area contributed by atoms with Gasteiger partial charge in [0.05, 0.1) is 16.7 Å². The molecule has 0 spiro atoms. The van der Waals surface area contributed by atoms with Crippen molar-refractivity contribution in [3.63, 3.8) is 0 Å². The van der Waals surface area contributed by atoms with Crippen LogP contribution in [0.4, 0.5) is 13.2 Å². The lowest BCUT2D eigenvalue weighted by molar-refractivity contribution is -0.137. The lowest BCUT2D eigenvalue weighted by Gasteiger charge is -2.08. The van der Waals surface area contributed by atoms with E-state index in [0.29, 0.717) is 5.03 Å². The van der Waals surface area contributed by atoms with Gasteiger partial charge in [-0.2, -0.15) is 13.2 Å². The summed E-state index contributed by atoms with van der Waals surface area (Å²) in [6.45, 7) is 6.39. The third-order valence-electron chi connectivity index (χ3n) is 2.54. The first-order valence-corrected chi connectivity index (χ1v) is 7.86. The quantitative estimate of drug-likeness (QED) is 0.556. The van der Waals surface area contributed by atoms with Crippen LogP contribution < -0.4 is 5.32 Å². The summed E-state index contributed by atoms with van der Waals surface area (Å²) in [4.78, 5) is 3.81. The molecule has 0 aliphatic heterocycles. The Bertz CT molecular complexity index is 396. The van der Waals surface area contributed by atoms with Crippen molar-refractivity contribution in [2.45, 2.75) is 37.6 Å². The van der Waals surface area contributed by atoms with Gasteiger partial charge in [-0.15, -0.1) is 11.8 Å². The molecule has 0 aliphatic carbocycles. The Balaban J connectivity index is 2.10. The van der Waals surface area contributed by atoms with Crippen molar-refractivity contribution < 1.29 is 17.9 Å². The monoisotopic (exact) mass is 322 g/mol. The third kappa shape index (κ3) is 8.28. The molecule has 0 saturated heterocycles. The van der Waals surface area contributed by atoms with E-state index < -0.39 is 11.7 Å². The summed E-state index contributed by atoms with van der Waals surface area (Å²) in [5, 5.41) is 3.86. The largest absolute Gasteiger partial charge is 0.417 e. The Hall–Kier alpha value is -0.790. The highest BCUT2D eigenvalue weighted by atomic mass is 32.2. The highest BCUT2D eigenvalue weighted by Gasteiger charge is 2.30. The molecule has 1 aromatic heterocycles. The summed E-state index contributed by atoms with van der Waals surface area (Å²) >= 11 is 1.44. The SMILES string of the molecule is CC(C)OCCCNCCSc1ccc(C(F)(F)F)cn1. The van der Waals surface area contributed by atoms with Crippen LogP contribution in [0.15, 0.2) is 23.4 Å². The molecule has 3 nitrogen and oxygen atoms in total. The lowest BCUT2D eigenvalue weighted by atomic mass is 10.3. The number of halogens is 3. The summed E-state index contributed by atoms with van der Waals surface area (Å²) in [5.41, 5.74) is -0.713. The zero-order chi connectivity index (χ0) is 15.7. The Morgan fingerprint density at radius 2 is 2.05 bits per heavy atom. The number of rotatable bonds is 9. The number of alkyl halides is 3. The van der Waals surface area contributed by atoms with E-state index in [4.69, 9.17) is 4.74 Å². The Morgan fingerprint density at radius 1 is 1.29 bits per heavy atom.